The van der Waals surface area contributed by atoms with Crippen molar-refractivity contribution in [2.24, 2.45) is 0 Å². The van der Waals surface area contributed by atoms with Crippen LogP contribution in [-0.2, 0) is 6.42 Å². The van der Waals surface area contributed by atoms with Gasteiger partial charge in [-0.25, -0.2) is 9.97 Å². The van der Waals surface area contributed by atoms with Crippen LogP contribution in [0.15, 0.2) is 60.9 Å². The molecule has 3 aromatic rings. The van der Waals surface area contributed by atoms with E-state index in [4.69, 9.17) is 0 Å². The van der Waals surface area contributed by atoms with Crippen LogP contribution in [0.5, 0.6) is 0 Å². The van der Waals surface area contributed by atoms with Gasteiger partial charge in [0.15, 0.2) is 5.82 Å². The van der Waals surface area contributed by atoms with E-state index in [0.29, 0.717) is 0 Å². The molecule has 0 fully saturated rings. The summed E-state index contributed by atoms with van der Waals surface area (Å²) < 4.78 is 0. The van der Waals surface area contributed by atoms with Crippen molar-refractivity contribution in [3.63, 3.8) is 0 Å². The quantitative estimate of drug-likeness (QED) is 0.693. The van der Waals surface area contributed by atoms with Crippen molar-refractivity contribution >= 4 is 0 Å². The minimum atomic E-state index is 0.772. The molecule has 0 unspecified atom stereocenters. The SMILES string of the molecule is CCc1ccc(-c2ccc(-c3ncc(C)cn3)cc2)cc1. The van der Waals surface area contributed by atoms with Gasteiger partial charge in [-0.3, -0.25) is 0 Å². The van der Waals surface area contributed by atoms with Gasteiger partial charge in [-0.05, 0) is 35.6 Å². The van der Waals surface area contributed by atoms with Gasteiger partial charge in [0.25, 0.3) is 0 Å². The van der Waals surface area contributed by atoms with Crippen molar-refractivity contribution in [1.82, 2.24) is 9.97 Å². The van der Waals surface area contributed by atoms with Crippen molar-refractivity contribution in [1.29, 1.82) is 0 Å². The smallest absolute Gasteiger partial charge is 0.159 e. The van der Waals surface area contributed by atoms with E-state index < -0.39 is 0 Å². The van der Waals surface area contributed by atoms with Crippen LogP contribution in [0.3, 0.4) is 0 Å². The standard InChI is InChI=1S/C19H18N2/c1-3-15-4-6-16(7-5-15)17-8-10-18(11-9-17)19-20-12-14(2)13-21-19/h4-13H,3H2,1-2H3. The highest BCUT2D eigenvalue weighted by Gasteiger charge is 2.02. The molecule has 1 heterocycles. The Labute approximate surface area is 125 Å². The van der Waals surface area contributed by atoms with E-state index in [-0.39, 0.29) is 0 Å². The van der Waals surface area contributed by atoms with Gasteiger partial charge in [-0.15, -0.1) is 0 Å². The summed E-state index contributed by atoms with van der Waals surface area (Å²) in [5.74, 6) is 0.772. The molecule has 0 bridgehead atoms. The Kier molecular flexibility index (Phi) is 3.78. The molecule has 3 rings (SSSR count). The van der Waals surface area contributed by atoms with Gasteiger partial charge in [0, 0.05) is 18.0 Å². The van der Waals surface area contributed by atoms with E-state index >= 15 is 0 Å². The van der Waals surface area contributed by atoms with E-state index in [1.54, 1.807) is 0 Å². The molecule has 104 valence electrons. The molecule has 0 amide bonds. The summed E-state index contributed by atoms with van der Waals surface area (Å²) in [4.78, 5) is 8.72. The molecule has 0 radical (unpaired) electrons. The maximum absolute atomic E-state index is 4.36. The normalized spacial score (nSPS) is 10.6. The van der Waals surface area contributed by atoms with Crippen LogP contribution in [0.25, 0.3) is 22.5 Å². The maximum Gasteiger partial charge on any atom is 0.159 e. The summed E-state index contributed by atoms with van der Waals surface area (Å²) in [6, 6.07) is 17.1. The van der Waals surface area contributed by atoms with Crippen LogP contribution in [-0.4, -0.2) is 9.97 Å². The Bertz CT molecular complexity index is 711. The fraction of sp³-hybridized carbons (Fsp3) is 0.158. The van der Waals surface area contributed by atoms with Crippen molar-refractivity contribution < 1.29 is 0 Å². The zero-order chi connectivity index (χ0) is 14.7. The highest BCUT2D eigenvalue weighted by molar-refractivity contribution is 5.67. The Hall–Kier alpha value is -2.48. The predicted molar refractivity (Wildman–Crippen MR) is 87.0 cm³/mol. The summed E-state index contributed by atoms with van der Waals surface area (Å²) in [6.07, 6.45) is 4.77. The molecule has 0 aliphatic carbocycles. The minimum absolute atomic E-state index is 0.772. The van der Waals surface area contributed by atoms with Crippen LogP contribution in [0.1, 0.15) is 18.1 Å². The Morgan fingerprint density at radius 3 is 1.71 bits per heavy atom. The molecule has 0 atom stereocenters. The number of hydrogen-bond acceptors (Lipinski definition) is 2. The third-order valence-corrected chi connectivity index (χ3v) is 3.62. The number of rotatable bonds is 3. The summed E-state index contributed by atoms with van der Waals surface area (Å²) in [5.41, 5.74) is 5.94. The van der Waals surface area contributed by atoms with Crippen molar-refractivity contribution in [3.8, 4) is 22.5 Å². The van der Waals surface area contributed by atoms with E-state index in [1.807, 2.05) is 19.3 Å². The van der Waals surface area contributed by atoms with E-state index in [1.165, 1.54) is 16.7 Å². The van der Waals surface area contributed by atoms with Gasteiger partial charge in [-0.2, -0.15) is 0 Å². The molecule has 0 aliphatic heterocycles. The van der Waals surface area contributed by atoms with Crippen molar-refractivity contribution in [2.75, 3.05) is 0 Å². The first-order valence-corrected chi connectivity index (χ1v) is 7.24. The third-order valence-electron chi connectivity index (χ3n) is 3.62. The molecule has 0 saturated heterocycles. The Morgan fingerprint density at radius 2 is 1.19 bits per heavy atom. The van der Waals surface area contributed by atoms with E-state index in [9.17, 15) is 0 Å². The molecule has 2 heteroatoms. The lowest BCUT2D eigenvalue weighted by atomic mass is 10.0. The van der Waals surface area contributed by atoms with Crippen molar-refractivity contribution in [3.05, 3.63) is 72.1 Å². The second-order valence-electron chi connectivity index (χ2n) is 5.21. The lowest BCUT2D eigenvalue weighted by Crippen LogP contribution is -1.89. The summed E-state index contributed by atoms with van der Waals surface area (Å²) >= 11 is 0. The number of nitrogens with zero attached hydrogens (tertiary/aromatic N) is 2. The van der Waals surface area contributed by atoms with Crippen LogP contribution >= 0.6 is 0 Å². The average Bonchev–Trinajstić information content (AvgIpc) is 2.56. The molecule has 1 aromatic heterocycles. The largest absolute Gasteiger partial charge is 0.236 e. The third kappa shape index (κ3) is 3.00. The fourth-order valence-electron chi connectivity index (χ4n) is 2.29. The first-order chi connectivity index (χ1) is 10.3. The minimum Gasteiger partial charge on any atom is -0.236 e. The first kappa shape index (κ1) is 13.5. The topological polar surface area (TPSA) is 25.8 Å². The molecule has 0 spiro atoms. The number of aryl methyl sites for hydroxylation is 2. The van der Waals surface area contributed by atoms with Gasteiger partial charge in [0.2, 0.25) is 0 Å². The molecule has 2 aromatic carbocycles. The van der Waals surface area contributed by atoms with Crippen LogP contribution < -0.4 is 0 Å². The molecule has 0 saturated carbocycles. The molecule has 0 N–H and O–H groups in total. The molecule has 21 heavy (non-hydrogen) atoms. The molecule has 2 nitrogen and oxygen atoms in total. The summed E-state index contributed by atoms with van der Waals surface area (Å²) in [7, 11) is 0. The molecular formula is C19H18N2. The van der Waals surface area contributed by atoms with Crippen LogP contribution in [0.4, 0.5) is 0 Å². The number of hydrogen-bond donors (Lipinski definition) is 0. The zero-order valence-corrected chi connectivity index (χ0v) is 12.4. The maximum atomic E-state index is 4.36. The zero-order valence-electron chi connectivity index (χ0n) is 12.4. The monoisotopic (exact) mass is 274 g/mol. The summed E-state index contributed by atoms with van der Waals surface area (Å²) in [6.45, 7) is 4.16. The predicted octanol–water partition coefficient (Wildman–Crippen LogP) is 4.68. The van der Waals surface area contributed by atoms with Crippen LogP contribution in [0.2, 0.25) is 0 Å². The average molecular weight is 274 g/mol. The van der Waals surface area contributed by atoms with E-state index in [0.717, 1.165) is 23.4 Å². The molecule has 0 aliphatic rings. The molecular weight excluding hydrogens is 256 g/mol. The second kappa shape index (κ2) is 5.88. The first-order valence-electron chi connectivity index (χ1n) is 7.24. The van der Waals surface area contributed by atoms with Gasteiger partial charge >= 0.3 is 0 Å². The Morgan fingerprint density at radius 1 is 0.714 bits per heavy atom. The van der Waals surface area contributed by atoms with Gasteiger partial charge in [-0.1, -0.05) is 55.5 Å². The van der Waals surface area contributed by atoms with Gasteiger partial charge < -0.3 is 0 Å². The summed E-state index contributed by atoms with van der Waals surface area (Å²) in [5, 5.41) is 0. The number of benzene rings is 2. The lowest BCUT2D eigenvalue weighted by Gasteiger charge is -2.05. The second-order valence-corrected chi connectivity index (χ2v) is 5.21. The van der Waals surface area contributed by atoms with Gasteiger partial charge in [0.05, 0.1) is 0 Å². The highest BCUT2D eigenvalue weighted by atomic mass is 14.9. The highest BCUT2D eigenvalue weighted by Crippen LogP contribution is 2.23. The lowest BCUT2D eigenvalue weighted by molar-refractivity contribution is 1.14. The van der Waals surface area contributed by atoms with Crippen LogP contribution in [0, 0.1) is 6.92 Å². The van der Waals surface area contributed by atoms with E-state index in [2.05, 4.69) is 65.4 Å². The Balaban J connectivity index is 1.87. The number of aromatic nitrogens is 2. The van der Waals surface area contributed by atoms with Crippen molar-refractivity contribution in [2.45, 2.75) is 20.3 Å². The fourth-order valence-corrected chi connectivity index (χ4v) is 2.29. The van der Waals surface area contributed by atoms with Gasteiger partial charge in [0.1, 0.15) is 0 Å².